The van der Waals surface area contributed by atoms with Crippen LogP contribution >= 0.6 is 0 Å². The highest BCUT2D eigenvalue weighted by atomic mass is 14.8. The molecule has 0 saturated heterocycles. The normalized spacial score (nSPS) is 8.71. The van der Waals surface area contributed by atoms with Crippen molar-refractivity contribution in [1.82, 2.24) is 9.97 Å². The molecule has 0 aliphatic heterocycles. The summed E-state index contributed by atoms with van der Waals surface area (Å²) >= 11 is 0. The lowest BCUT2D eigenvalue weighted by molar-refractivity contribution is 1.15. The maximum Gasteiger partial charge on any atom is 0.115 e. The monoisotopic (exact) mass is 92.0 g/mol. The first-order valence-electron chi connectivity index (χ1n) is 1.90. The number of rotatable bonds is 0. The predicted molar refractivity (Wildman–Crippen MR) is 25.4 cm³/mol. The van der Waals surface area contributed by atoms with Crippen molar-refractivity contribution in [3.05, 3.63) is 31.2 Å². The molecule has 0 unspecified atom stereocenters. The summed E-state index contributed by atoms with van der Waals surface area (Å²) in [6.07, 6.45) is 4.54. The molecule has 1 aromatic rings. The van der Waals surface area contributed by atoms with E-state index < -0.39 is 0 Å². The molecule has 34 valence electrons. The zero-order valence-corrected chi connectivity index (χ0v) is 3.70. The van der Waals surface area contributed by atoms with Crippen LogP contribution in [0.25, 0.3) is 0 Å². The van der Waals surface area contributed by atoms with Gasteiger partial charge in [0.05, 0.1) is 0 Å². The topological polar surface area (TPSA) is 25.8 Å². The van der Waals surface area contributed by atoms with Gasteiger partial charge in [-0.3, -0.25) is 0 Å². The van der Waals surface area contributed by atoms with Crippen LogP contribution in [0.1, 0.15) is 5.56 Å². The lowest BCUT2D eigenvalue weighted by Gasteiger charge is -1.80. The van der Waals surface area contributed by atoms with Crippen LogP contribution < -0.4 is 0 Å². The molecular formula is C5H4N2. The third kappa shape index (κ3) is 0.961. The van der Waals surface area contributed by atoms with Crippen molar-refractivity contribution in [3.63, 3.8) is 0 Å². The van der Waals surface area contributed by atoms with Gasteiger partial charge in [0.15, 0.2) is 0 Å². The van der Waals surface area contributed by atoms with E-state index in [9.17, 15) is 0 Å². The zero-order chi connectivity index (χ0) is 5.11. The van der Waals surface area contributed by atoms with E-state index in [1.54, 1.807) is 12.4 Å². The standard InChI is InChI=1S/C5H4N2/c1-5-2-6-4-7-3-5/h1-4H. The lowest BCUT2D eigenvalue weighted by Crippen LogP contribution is -1.75. The lowest BCUT2D eigenvalue weighted by atomic mass is 10.4. The first kappa shape index (κ1) is 4.24. The Morgan fingerprint density at radius 2 is 1.86 bits per heavy atom. The Morgan fingerprint density at radius 3 is 2.14 bits per heavy atom. The summed E-state index contributed by atoms with van der Waals surface area (Å²) < 4.78 is 0. The summed E-state index contributed by atoms with van der Waals surface area (Å²) in [7, 11) is 0. The van der Waals surface area contributed by atoms with Gasteiger partial charge >= 0.3 is 0 Å². The van der Waals surface area contributed by atoms with Gasteiger partial charge in [0.2, 0.25) is 0 Å². The Balaban J connectivity index is 3.02. The molecule has 0 aromatic carbocycles. The number of nitrogens with zero attached hydrogens (tertiary/aromatic N) is 2. The van der Waals surface area contributed by atoms with Crippen molar-refractivity contribution in [2.24, 2.45) is 0 Å². The molecule has 0 N–H and O–H groups in total. The summed E-state index contributed by atoms with van der Waals surface area (Å²) in [5.74, 6) is 0. The third-order valence-corrected chi connectivity index (χ3v) is 0.581. The molecule has 1 aromatic heterocycles. The van der Waals surface area contributed by atoms with Crippen LogP contribution in [0.5, 0.6) is 0 Å². The van der Waals surface area contributed by atoms with Gasteiger partial charge in [-0.15, -0.1) is 0 Å². The molecule has 0 saturated carbocycles. The molecule has 0 atom stereocenters. The van der Waals surface area contributed by atoms with Gasteiger partial charge in [-0.1, -0.05) is 0 Å². The average molecular weight is 92.1 g/mol. The number of aromatic nitrogens is 2. The van der Waals surface area contributed by atoms with Gasteiger partial charge in [-0.2, -0.15) is 0 Å². The van der Waals surface area contributed by atoms with E-state index in [1.807, 2.05) is 0 Å². The maximum absolute atomic E-state index is 5.23. The smallest absolute Gasteiger partial charge is 0.115 e. The Labute approximate surface area is 42.2 Å². The molecule has 0 spiro atoms. The van der Waals surface area contributed by atoms with Crippen LogP contribution in [0, 0.1) is 6.92 Å². The molecule has 0 bridgehead atoms. The van der Waals surface area contributed by atoms with Crippen LogP contribution in [-0.2, 0) is 0 Å². The summed E-state index contributed by atoms with van der Waals surface area (Å²) in [4.78, 5) is 7.30. The van der Waals surface area contributed by atoms with Gasteiger partial charge in [-0.25, -0.2) is 9.97 Å². The van der Waals surface area contributed by atoms with Crippen molar-refractivity contribution >= 4 is 0 Å². The molecule has 0 aliphatic carbocycles. The van der Waals surface area contributed by atoms with E-state index in [4.69, 9.17) is 6.92 Å². The second-order valence-electron chi connectivity index (χ2n) is 1.17. The second kappa shape index (κ2) is 1.69. The van der Waals surface area contributed by atoms with Gasteiger partial charge in [0, 0.05) is 19.3 Å². The zero-order valence-electron chi connectivity index (χ0n) is 3.70. The van der Waals surface area contributed by atoms with Gasteiger partial charge in [0.25, 0.3) is 0 Å². The molecule has 1 rings (SSSR count). The number of hydrogen-bond donors (Lipinski definition) is 0. The van der Waals surface area contributed by atoms with E-state index in [2.05, 4.69) is 9.97 Å². The quantitative estimate of drug-likeness (QED) is 0.466. The minimum atomic E-state index is 0.600. The van der Waals surface area contributed by atoms with Gasteiger partial charge in [0.1, 0.15) is 6.33 Å². The second-order valence-corrected chi connectivity index (χ2v) is 1.17. The fourth-order valence-corrected chi connectivity index (χ4v) is 0.311. The van der Waals surface area contributed by atoms with Gasteiger partial charge < -0.3 is 0 Å². The first-order chi connectivity index (χ1) is 3.39. The van der Waals surface area contributed by atoms with Crippen molar-refractivity contribution in [2.45, 2.75) is 0 Å². The van der Waals surface area contributed by atoms with Crippen LogP contribution in [0.4, 0.5) is 0 Å². The summed E-state index contributed by atoms with van der Waals surface area (Å²) in [5.41, 5.74) is 0.600. The Hall–Kier alpha value is -0.920. The Bertz CT molecular complexity index is 136. The highest BCUT2D eigenvalue weighted by Gasteiger charge is 1.74. The minimum Gasteiger partial charge on any atom is -0.245 e. The Kier molecular flexibility index (Phi) is 1.02. The molecule has 7 heavy (non-hydrogen) atoms. The fourth-order valence-electron chi connectivity index (χ4n) is 0.311. The third-order valence-electron chi connectivity index (χ3n) is 0.581. The molecule has 2 radical (unpaired) electrons. The van der Waals surface area contributed by atoms with Crippen molar-refractivity contribution in [3.8, 4) is 0 Å². The van der Waals surface area contributed by atoms with Crippen LogP contribution in [0.3, 0.4) is 0 Å². The van der Waals surface area contributed by atoms with E-state index in [0.29, 0.717) is 5.56 Å². The average Bonchev–Trinajstić information content (AvgIpc) is 1.69. The van der Waals surface area contributed by atoms with Crippen molar-refractivity contribution < 1.29 is 0 Å². The summed E-state index contributed by atoms with van der Waals surface area (Å²) in [5, 5.41) is 0. The highest BCUT2D eigenvalue weighted by molar-refractivity contribution is 5.04. The fraction of sp³-hybridized carbons (Fsp3) is 0. The molecule has 2 heteroatoms. The Morgan fingerprint density at radius 1 is 1.29 bits per heavy atom. The maximum atomic E-state index is 5.23. The van der Waals surface area contributed by atoms with Crippen molar-refractivity contribution in [1.29, 1.82) is 0 Å². The van der Waals surface area contributed by atoms with Crippen molar-refractivity contribution in [2.75, 3.05) is 0 Å². The highest BCUT2D eigenvalue weighted by Crippen LogP contribution is 1.84. The summed E-state index contributed by atoms with van der Waals surface area (Å²) in [6, 6.07) is 0. The molecule has 0 aliphatic rings. The minimum absolute atomic E-state index is 0.600. The summed E-state index contributed by atoms with van der Waals surface area (Å²) in [6.45, 7) is 5.23. The van der Waals surface area contributed by atoms with E-state index in [1.165, 1.54) is 6.33 Å². The molecular weight excluding hydrogens is 88.1 g/mol. The van der Waals surface area contributed by atoms with Gasteiger partial charge in [-0.05, 0) is 5.56 Å². The first-order valence-corrected chi connectivity index (χ1v) is 1.90. The van der Waals surface area contributed by atoms with Crippen LogP contribution in [0.15, 0.2) is 18.7 Å². The molecule has 1 heterocycles. The molecule has 0 fully saturated rings. The largest absolute Gasteiger partial charge is 0.245 e. The molecule has 2 nitrogen and oxygen atoms in total. The predicted octanol–water partition coefficient (Wildman–Crippen LogP) is 0.536. The SMILES string of the molecule is [CH]c1cncnc1. The van der Waals surface area contributed by atoms with Crippen LogP contribution in [0.2, 0.25) is 0 Å². The van der Waals surface area contributed by atoms with E-state index in [0.717, 1.165) is 0 Å². The van der Waals surface area contributed by atoms with Crippen LogP contribution in [-0.4, -0.2) is 9.97 Å². The van der Waals surface area contributed by atoms with E-state index >= 15 is 0 Å². The van der Waals surface area contributed by atoms with E-state index in [-0.39, 0.29) is 0 Å². The number of hydrogen-bond acceptors (Lipinski definition) is 2. The molecule has 0 amide bonds.